The van der Waals surface area contributed by atoms with Crippen molar-refractivity contribution in [3.63, 3.8) is 0 Å². The van der Waals surface area contributed by atoms with Crippen molar-refractivity contribution in [1.29, 1.82) is 0 Å². The van der Waals surface area contributed by atoms with Gasteiger partial charge in [0.25, 0.3) is 5.91 Å². The summed E-state index contributed by atoms with van der Waals surface area (Å²) in [5, 5.41) is 6.94. The molecule has 2 aromatic carbocycles. The normalized spacial score (nSPS) is 12.0. The van der Waals surface area contributed by atoms with Crippen molar-refractivity contribution in [2.75, 3.05) is 12.1 Å². The van der Waals surface area contributed by atoms with Gasteiger partial charge in [-0.2, -0.15) is 0 Å². The number of benzene rings is 2. The third-order valence-corrected chi connectivity index (χ3v) is 4.80. The minimum atomic E-state index is -0.437. The Hall–Kier alpha value is -4.27. The maximum atomic E-state index is 12.5. The Morgan fingerprint density at radius 3 is 2.94 bits per heavy atom. The van der Waals surface area contributed by atoms with E-state index in [1.807, 2.05) is 25.1 Å². The number of fused-ring (bicyclic) bond motifs is 1. The summed E-state index contributed by atoms with van der Waals surface area (Å²) in [4.78, 5) is 16.6. The van der Waals surface area contributed by atoms with Crippen LogP contribution in [0, 0.1) is 6.92 Å². The van der Waals surface area contributed by atoms with E-state index in [0.717, 1.165) is 5.56 Å². The summed E-state index contributed by atoms with van der Waals surface area (Å²) in [5.74, 6) is 2.35. The van der Waals surface area contributed by atoms with Crippen molar-refractivity contribution in [1.82, 2.24) is 14.8 Å². The van der Waals surface area contributed by atoms with Gasteiger partial charge in [-0.25, -0.2) is 9.67 Å². The molecule has 32 heavy (non-hydrogen) atoms. The molecule has 0 radical (unpaired) electrons. The molecule has 0 spiro atoms. The van der Waals surface area contributed by atoms with Crippen LogP contribution in [-0.4, -0.2) is 27.5 Å². The fraction of sp³-hybridized carbons (Fsp3) is 0.174. The fourth-order valence-corrected chi connectivity index (χ4v) is 3.29. The van der Waals surface area contributed by atoms with Crippen LogP contribution in [0.3, 0.4) is 0 Å². The second kappa shape index (κ2) is 8.46. The molecule has 4 aromatic rings. The maximum Gasteiger partial charge on any atom is 0.293 e. The average molecular weight is 432 g/mol. The number of amides is 1. The monoisotopic (exact) mass is 432 g/mol. The maximum absolute atomic E-state index is 12.5. The molecule has 0 saturated heterocycles. The van der Waals surface area contributed by atoms with E-state index < -0.39 is 5.91 Å². The number of aryl methyl sites for hydroxylation is 1. The van der Waals surface area contributed by atoms with E-state index in [4.69, 9.17) is 18.6 Å². The lowest BCUT2D eigenvalue weighted by atomic mass is 10.1. The molecule has 1 aliphatic heterocycles. The smallest absolute Gasteiger partial charge is 0.293 e. The number of hydrogen-bond donors (Lipinski definition) is 1. The number of nitrogens with one attached hydrogen (secondary N) is 1. The largest absolute Gasteiger partial charge is 0.486 e. The zero-order valence-electron chi connectivity index (χ0n) is 17.3. The van der Waals surface area contributed by atoms with E-state index in [1.165, 1.54) is 5.56 Å². The molecule has 2 aromatic heterocycles. The van der Waals surface area contributed by atoms with Gasteiger partial charge in [-0.3, -0.25) is 10.1 Å². The van der Waals surface area contributed by atoms with Gasteiger partial charge >= 0.3 is 0 Å². The van der Waals surface area contributed by atoms with Gasteiger partial charge in [0.2, 0.25) is 12.7 Å². The van der Waals surface area contributed by atoms with Gasteiger partial charge in [0.1, 0.15) is 24.4 Å². The summed E-state index contributed by atoms with van der Waals surface area (Å²) >= 11 is 0. The second-order valence-electron chi connectivity index (χ2n) is 7.28. The van der Waals surface area contributed by atoms with Crippen molar-refractivity contribution < 1.29 is 23.4 Å². The van der Waals surface area contributed by atoms with E-state index in [9.17, 15) is 4.79 Å². The Balaban J connectivity index is 1.17. The lowest BCUT2D eigenvalue weighted by Gasteiger charge is -2.05. The molecule has 9 nitrogen and oxygen atoms in total. The minimum absolute atomic E-state index is 0.143. The molecule has 0 aliphatic carbocycles. The van der Waals surface area contributed by atoms with Gasteiger partial charge in [0, 0.05) is 6.07 Å². The van der Waals surface area contributed by atoms with E-state index in [1.54, 1.807) is 41.3 Å². The van der Waals surface area contributed by atoms with Gasteiger partial charge in [-0.15, -0.1) is 5.10 Å². The first-order chi connectivity index (χ1) is 15.6. The fourth-order valence-electron chi connectivity index (χ4n) is 3.29. The lowest BCUT2D eigenvalue weighted by Crippen LogP contribution is -2.12. The standard InChI is InChI=1S/C23H20N4O5/c1-15-3-2-4-16(9-15)11-27-13-24-23(26-27)25-22(28)20-8-6-18(32-20)12-29-17-5-7-19-21(10-17)31-14-30-19/h2-10,13H,11-12,14H2,1H3,(H,25,26,28). The number of carbonyl (C=O) groups is 1. The minimum Gasteiger partial charge on any atom is -0.486 e. The first-order valence-electron chi connectivity index (χ1n) is 10.00. The number of ether oxygens (including phenoxy) is 3. The molecule has 3 heterocycles. The average Bonchev–Trinajstić information content (AvgIpc) is 3.53. The number of nitrogens with zero attached hydrogens (tertiary/aromatic N) is 3. The van der Waals surface area contributed by atoms with E-state index >= 15 is 0 Å². The molecule has 1 aliphatic rings. The number of anilines is 1. The molecule has 5 rings (SSSR count). The molecular formula is C23H20N4O5. The van der Waals surface area contributed by atoms with Crippen LogP contribution in [0.15, 0.2) is 65.3 Å². The zero-order chi connectivity index (χ0) is 21.9. The van der Waals surface area contributed by atoms with Crippen LogP contribution in [0.4, 0.5) is 5.95 Å². The van der Waals surface area contributed by atoms with Crippen molar-refractivity contribution >= 4 is 11.9 Å². The van der Waals surface area contributed by atoms with Crippen molar-refractivity contribution in [3.8, 4) is 17.2 Å². The highest BCUT2D eigenvalue weighted by molar-refractivity contribution is 6.01. The van der Waals surface area contributed by atoms with Gasteiger partial charge < -0.3 is 18.6 Å². The second-order valence-corrected chi connectivity index (χ2v) is 7.28. The molecule has 0 atom stereocenters. The van der Waals surface area contributed by atoms with Crippen LogP contribution in [0.25, 0.3) is 0 Å². The summed E-state index contributed by atoms with van der Waals surface area (Å²) < 4.78 is 23.6. The first-order valence-corrected chi connectivity index (χ1v) is 10.00. The van der Waals surface area contributed by atoms with Gasteiger partial charge in [0.05, 0.1) is 6.54 Å². The summed E-state index contributed by atoms with van der Waals surface area (Å²) in [6.07, 6.45) is 1.57. The number of rotatable bonds is 7. The quantitative estimate of drug-likeness (QED) is 0.474. The van der Waals surface area contributed by atoms with Crippen LogP contribution >= 0.6 is 0 Å². The summed E-state index contributed by atoms with van der Waals surface area (Å²) in [5.41, 5.74) is 2.28. The molecular weight excluding hydrogens is 412 g/mol. The first kappa shape index (κ1) is 19.7. The molecule has 9 heteroatoms. The molecule has 0 fully saturated rings. The lowest BCUT2D eigenvalue weighted by molar-refractivity contribution is 0.0991. The summed E-state index contributed by atoms with van der Waals surface area (Å²) in [6.45, 7) is 2.96. The van der Waals surface area contributed by atoms with Gasteiger partial charge in [-0.05, 0) is 36.8 Å². The van der Waals surface area contributed by atoms with Crippen LogP contribution in [0.1, 0.15) is 27.4 Å². The molecule has 1 amide bonds. The highest BCUT2D eigenvalue weighted by Crippen LogP contribution is 2.35. The van der Waals surface area contributed by atoms with Crippen LogP contribution in [0.2, 0.25) is 0 Å². The van der Waals surface area contributed by atoms with Gasteiger partial charge in [0.15, 0.2) is 17.3 Å². The van der Waals surface area contributed by atoms with Crippen molar-refractivity contribution in [3.05, 3.63) is 83.6 Å². The molecule has 0 saturated carbocycles. The molecule has 162 valence electrons. The van der Waals surface area contributed by atoms with Crippen LogP contribution in [-0.2, 0) is 13.2 Å². The molecule has 0 bridgehead atoms. The van der Waals surface area contributed by atoms with E-state index in [-0.39, 0.29) is 25.1 Å². The number of aromatic nitrogens is 3. The predicted octanol–water partition coefficient (Wildman–Crippen LogP) is 3.79. The SMILES string of the molecule is Cc1cccc(Cn2cnc(NC(=O)c3ccc(COc4ccc5c(c4)OCO5)o3)n2)c1. The highest BCUT2D eigenvalue weighted by atomic mass is 16.7. The topological polar surface area (TPSA) is 101 Å². The molecule has 0 unspecified atom stereocenters. The highest BCUT2D eigenvalue weighted by Gasteiger charge is 2.16. The number of hydrogen-bond acceptors (Lipinski definition) is 7. The Morgan fingerprint density at radius 2 is 2.03 bits per heavy atom. The Bertz CT molecular complexity index is 1260. The number of furan rings is 1. The van der Waals surface area contributed by atoms with Gasteiger partial charge in [-0.1, -0.05) is 29.8 Å². The van der Waals surface area contributed by atoms with Crippen molar-refractivity contribution in [2.24, 2.45) is 0 Å². The third kappa shape index (κ3) is 4.41. The summed E-state index contributed by atoms with van der Waals surface area (Å²) in [6, 6.07) is 16.7. The Kier molecular flexibility index (Phi) is 5.20. The van der Waals surface area contributed by atoms with E-state index in [0.29, 0.717) is 29.6 Å². The van der Waals surface area contributed by atoms with Crippen molar-refractivity contribution in [2.45, 2.75) is 20.1 Å². The Morgan fingerprint density at radius 1 is 1.12 bits per heavy atom. The predicted molar refractivity (Wildman–Crippen MR) is 114 cm³/mol. The van der Waals surface area contributed by atoms with E-state index in [2.05, 4.69) is 21.5 Å². The van der Waals surface area contributed by atoms with Crippen LogP contribution < -0.4 is 19.5 Å². The molecule has 1 N–H and O–H groups in total. The zero-order valence-corrected chi connectivity index (χ0v) is 17.3. The number of carbonyl (C=O) groups excluding carboxylic acids is 1. The third-order valence-electron chi connectivity index (χ3n) is 4.80. The summed E-state index contributed by atoms with van der Waals surface area (Å²) in [7, 11) is 0. The Labute approximate surface area is 183 Å². The van der Waals surface area contributed by atoms with Crippen LogP contribution in [0.5, 0.6) is 17.2 Å².